The van der Waals surface area contributed by atoms with E-state index < -0.39 is 0 Å². The molecule has 3 aliphatic rings. The second-order valence-corrected chi connectivity index (χ2v) is 8.52. The third-order valence-corrected chi connectivity index (χ3v) is 6.18. The number of hydrogen-bond donors (Lipinski definition) is 0. The van der Waals surface area contributed by atoms with Crippen molar-refractivity contribution in [3.63, 3.8) is 0 Å². The summed E-state index contributed by atoms with van der Waals surface area (Å²) in [5, 5.41) is 9.85. The van der Waals surface area contributed by atoms with E-state index in [4.69, 9.17) is 16.6 Å². The van der Waals surface area contributed by atoms with E-state index in [9.17, 15) is 10.1 Å². The summed E-state index contributed by atoms with van der Waals surface area (Å²) >= 11 is 6.03. The van der Waals surface area contributed by atoms with E-state index in [2.05, 4.69) is 15.9 Å². The van der Waals surface area contributed by atoms with Gasteiger partial charge >= 0.3 is 0 Å². The van der Waals surface area contributed by atoms with Crippen LogP contribution in [-0.4, -0.2) is 52.7 Å². The molecule has 2 aromatic rings. The van der Waals surface area contributed by atoms with Crippen LogP contribution in [0.1, 0.15) is 23.1 Å². The number of hydrogen-bond acceptors (Lipinski definition) is 5. The molecule has 0 bridgehead atoms. The third kappa shape index (κ3) is 3.83. The molecule has 5 rings (SSSR count). The fourth-order valence-electron chi connectivity index (χ4n) is 4.48. The topological polar surface area (TPSA) is 62.9 Å². The van der Waals surface area contributed by atoms with E-state index in [0.29, 0.717) is 36.8 Å². The number of guanidine groups is 1. The Labute approximate surface area is 186 Å². The standard InChI is InChI=1S/C24H22ClN5O/c25-20-7-5-17(6-8-20)14-30-23(31)21-15-28(13-19-4-1-3-18(11-19)12-26)16-22(21)29-10-2-9-27-24(29)30/h1,3-8,11H,2,9-10,13-16H2. The van der Waals surface area contributed by atoms with Crippen molar-refractivity contribution in [1.29, 1.82) is 5.26 Å². The maximum atomic E-state index is 13.5. The van der Waals surface area contributed by atoms with Gasteiger partial charge in [0.15, 0.2) is 0 Å². The van der Waals surface area contributed by atoms with Crippen LogP contribution in [0.3, 0.4) is 0 Å². The van der Waals surface area contributed by atoms with Crippen LogP contribution in [-0.2, 0) is 17.9 Å². The fraction of sp³-hybridized carbons (Fsp3) is 0.292. The fourth-order valence-corrected chi connectivity index (χ4v) is 4.60. The molecule has 0 N–H and O–H groups in total. The Morgan fingerprint density at radius 1 is 1.06 bits per heavy atom. The van der Waals surface area contributed by atoms with Gasteiger partial charge in [-0.3, -0.25) is 19.6 Å². The number of halogens is 1. The normalized spacial score (nSPS) is 18.6. The van der Waals surface area contributed by atoms with Crippen LogP contribution < -0.4 is 0 Å². The Bertz CT molecular complexity index is 1130. The molecule has 0 radical (unpaired) electrons. The van der Waals surface area contributed by atoms with Gasteiger partial charge in [0.25, 0.3) is 5.91 Å². The Kier molecular flexibility index (Phi) is 5.23. The molecular formula is C24H22ClN5O. The summed E-state index contributed by atoms with van der Waals surface area (Å²) in [6.07, 6.45) is 0.980. The van der Waals surface area contributed by atoms with Gasteiger partial charge in [-0.25, -0.2) is 0 Å². The first kappa shape index (κ1) is 19.8. The number of rotatable bonds is 4. The van der Waals surface area contributed by atoms with E-state index in [1.165, 1.54) is 0 Å². The Hall–Kier alpha value is -3.14. The zero-order valence-electron chi connectivity index (χ0n) is 17.1. The molecule has 0 saturated heterocycles. The molecule has 0 aromatic heterocycles. The van der Waals surface area contributed by atoms with Gasteiger partial charge in [-0.1, -0.05) is 35.9 Å². The van der Waals surface area contributed by atoms with Gasteiger partial charge in [0.1, 0.15) is 0 Å². The van der Waals surface area contributed by atoms with Gasteiger partial charge in [-0.05, 0) is 41.8 Å². The average Bonchev–Trinajstić information content (AvgIpc) is 3.22. The van der Waals surface area contributed by atoms with E-state index >= 15 is 0 Å². The molecule has 0 unspecified atom stereocenters. The summed E-state index contributed by atoms with van der Waals surface area (Å²) in [5.74, 6) is 0.799. The highest BCUT2D eigenvalue weighted by molar-refractivity contribution is 6.30. The molecule has 31 heavy (non-hydrogen) atoms. The number of nitrogens with zero attached hydrogens (tertiary/aromatic N) is 5. The second kappa shape index (κ2) is 8.18. The number of nitriles is 1. The molecule has 0 atom stereocenters. The lowest BCUT2D eigenvalue weighted by Gasteiger charge is -2.40. The number of carbonyl (C=O) groups is 1. The average molecular weight is 432 g/mol. The number of benzene rings is 2. The quantitative estimate of drug-likeness (QED) is 0.744. The van der Waals surface area contributed by atoms with Crippen LogP contribution in [0.5, 0.6) is 0 Å². The highest BCUT2D eigenvalue weighted by Gasteiger charge is 2.41. The summed E-state index contributed by atoms with van der Waals surface area (Å²) in [7, 11) is 0. The lowest BCUT2D eigenvalue weighted by Crippen LogP contribution is -2.53. The molecule has 6 nitrogen and oxygen atoms in total. The highest BCUT2D eigenvalue weighted by Crippen LogP contribution is 2.32. The Balaban J connectivity index is 1.39. The van der Waals surface area contributed by atoms with Crippen LogP contribution in [0.25, 0.3) is 0 Å². The molecule has 3 heterocycles. The van der Waals surface area contributed by atoms with Crippen molar-refractivity contribution < 1.29 is 4.79 Å². The predicted octanol–water partition coefficient (Wildman–Crippen LogP) is 3.39. The van der Waals surface area contributed by atoms with Gasteiger partial charge in [0.05, 0.1) is 23.8 Å². The summed E-state index contributed by atoms with van der Waals surface area (Å²) in [5.41, 5.74) is 4.69. The Morgan fingerprint density at radius 3 is 2.71 bits per heavy atom. The first-order valence-electron chi connectivity index (χ1n) is 10.4. The summed E-state index contributed by atoms with van der Waals surface area (Å²) < 4.78 is 0. The Morgan fingerprint density at radius 2 is 1.90 bits per heavy atom. The van der Waals surface area contributed by atoms with Crippen LogP contribution in [0, 0.1) is 11.3 Å². The van der Waals surface area contributed by atoms with Gasteiger partial charge in [-0.2, -0.15) is 5.26 Å². The zero-order chi connectivity index (χ0) is 21.4. The predicted molar refractivity (Wildman–Crippen MR) is 119 cm³/mol. The zero-order valence-corrected chi connectivity index (χ0v) is 17.8. The lowest BCUT2D eigenvalue weighted by molar-refractivity contribution is -0.125. The third-order valence-electron chi connectivity index (χ3n) is 5.92. The summed E-state index contributed by atoms with van der Waals surface area (Å²) in [6.45, 7) is 4.11. The minimum atomic E-state index is 0.0372. The van der Waals surface area contributed by atoms with E-state index in [1.807, 2.05) is 48.5 Å². The van der Waals surface area contributed by atoms with Crippen molar-refractivity contribution in [2.75, 3.05) is 26.2 Å². The minimum absolute atomic E-state index is 0.0372. The van der Waals surface area contributed by atoms with E-state index in [-0.39, 0.29) is 5.91 Å². The molecule has 3 aliphatic heterocycles. The molecule has 0 aliphatic carbocycles. The maximum Gasteiger partial charge on any atom is 0.259 e. The van der Waals surface area contributed by atoms with Crippen molar-refractivity contribution in [2.24, 2.45) is 4.99 Å². The molecule has 0 saturated carbocycles. The molecule has 2 aromatic carbocycles. The number of carbonyl (C=O) groups excluding carboxylic acids is 1. The van der Waals surface area contributed by atoms with Crippen molar-refractivity contribution in [3.8, 4) is 6.07 Å². The number of amides is 1. The molecule has 1 amide bonds. The second-order valence-electron chi connectivity index (χ2n) is 8.09. The SMILES string of the molecule is N#Cc1cccc(CN2CC3=C(C2)N2CCCN=C2N(Cc2ccc(Cl)cc2)C3=O)c1. The maximum absolute atomic E-state index is 13.5. The largest absolute Gasteiger partial charge is 0.314 e. The first-order valence-corrected chi connectivity index (χ1v) is 10.8. The van der Waals surface area contributed by atoms with Crippen LogP contribution in [0.4, 0.5) is 0 Å². The van der Waals surface area contributed by atoms with Crippen molar-refractivity contribution in [1.82, 2.24) is 14.7 Å². The smallest absolute Gasteiger partial charge is 0.259 e. The van der Waals surface area contributed by atoms with Crippen molar-refractivity contribution in [2.45, 2.75) is 19.5 Å². The molecule has 7 heteroatoms. The first-order chi connectivity index (χ1) is 15.1. The van der Waals surface area contributed by atoms with E-state index in [0.717, 1.165) is 47.9 Å². The van der Waals surface area contributed by atoms with Gasteiger partial charge in [0, 0.05) is 43.4 Å². The molecule has 0 fully saturated rings. The van der Waals surface area contributed by atoms with Gasteiger partial charge in [-0.15, -0.1) is 0 Å². The van der Waals surface area contributed by atoms with Crippen LogP contribution in [0.2, 0.25) is 5.02 Å². The van der Waals surface area contributed by atoms with E-state index in [1.54, 1.807) is 4.90 Å². The van der Waals surface area contributed by atoms with Crippen LogP contribution in [0.15, 0.2) is 64.8 Å². The monoisotopic (exact) mass is 431 g/mol. The summed E-state index contributed by atoms with van der Waals surface area (Å²) in [4.78, 5) is 24.5. The number of aliphatic imine (C=N–C) groups is 1. The molecule has 156 valence electrons. The van der Waals surface area contributed by atoms with Gasteiger partial charge in [0.2, 0.25) is 5.96 Å². The molecule has 0 spiro atoms. The van der Waals surface area contributed by atoms with Crippen molar-refractivity contribution >= 4 is 23.5 Å². The van der Waals surface area contributed by atoms with Gasteiger partial charge < -0.3 is 4.90 Å². The minimum Gasteiger partial charge on any atom is -0.314 e. The van der Waals surface area contributed by atoms with Crippen LogP contribution >= 0.6 is 11.6 Å². The molecular weight excluding hydrogens is 410 g/mol. The highest BCUT2D eigenvalue weighted by atomic mass is 35.5. The summed E-state index contributed by atoms with van der Waals surface area (Å²) in [6, 6.07) is 17.5. The lowest BCUT2D eigenvalue weighted by atomic mass is 10.1. The number of fused-ring (bicyclic) bond motifs is 2. The van der Waals surface area contributed by atoms with Crippen molar-refractivity contribution in [3.05, 3.63) is 81.5 Å².